The van der Waals surface area contributed by atoms with E-state index in [0.717, 1.165) is 0 Å². The van der Waals surface area contributed by atoms with Crippen molar-refractivity contribution in [3.05, 3.63) is 17.7 Å². The second-order valence-electron chi connectivity index (χ2n) is 8.18. The van der Waals surface area contributed by atoms with E-state index in [-0.39, 0.29) is 35.8 Å². The number of hydrogen-bond acceptors (Lipinski definition) is 7. The molecule has 2 fully saturated rings. The number of methoxy groups -OCH3 is 2. The molecule has 2 unspecified atom stereocenters. The number of carbonyl (C=O) groups excluding carboxylic acids is 2. The highest BCUT2D eigenvalue weighted by Gasteiger charge is 2.45. The molecule has 0 spiro atoms. The van der Waals surface area contributed by atoms with Crippen molar-refractivity contribution in [3.8, 4) is 11.8 Å². The van der Waals surface area contributed by atoms with E-state index in [1.807, 2.05) is 20.8 Å². The number of piperidine rings is 1. The predicted octanol–water partition coefficient (Wildman–Crippen LogP) is 2.70. The van der Waals surface area contributed by atoms with Gasteiger partial charge in [-0.2, -0.15) is 4.98 Å². The molecule has 8 heteroatoms. The number of aromatic nitrogens is 1. The second kappa shape index (κ2) is 7.95. The first-order valence-corrected chi connectivity index (χ1v) is 9.45. The molecule has 0 aromatic carbocycles. The zero-order chi connectivity index (χ0) is 20.5. The van der Waals surface area contributed by atoms with E-state index in [4.69, 9.17) is 18.9 Å². The number of ketones is 1. The van der Waals surface area contributed by atoms with Gasteiger partial charge in [-0.05, 0) is 39.7 Å². The van der Waals surface area contributed by atoms with Crippen LogP contribution in [0.5, 0.6) is 11.8 Å². The van der Waals surface area contributed by atoms with Crippen molar-refractivity contribution in [3.63, 3.8) is 0 Å². The number of carbonyl (C=O) groups is 2. The molecule has 8 nitrogen and oxygen atoms in total. The van der Waals surface area contributed by atoms with E-state index in [1.54, 1.807) is 17.0 Å². The van der Waals surface area contributed by atoms with Crippen molar-refractivity contribution in [2.75, 3.05) is 27.4 Å². The van der Waals surface area contributed by atoms with Gasteiger partial charge in [-0.25, -0.2) is 4.79 Å². The summed E-state index contributed by atoms with van der Waals surface area (Å²) in [5.74, 6) is 0.369. The van der Waals surface area contributed by atoms with Crippen LogP contribution in [-0.2, 0) is 9.47 Å². The minimum atomic E-state index is -0.568. The van der Waals surface area contributed by atoms with Crippen molar-refractivity contribution in [1.29, 1.82) is 0 Å². The van der Waals surface area contributed by atoms with Gasteiger partial charge in [0.15, 0.2) is 5.78 Å². The molecule has 0 saturated carbocycles. The first kappa shape index (κ1) is 20.4. The van der Waals surface area contributed by atoms with E-state index >= 15 is 0 Å². The standard InChI is InChI=1S/C20H28N2O6/c1-20(2,3)28-19(24)22-13-8-12(9-14(22)11-27-10-13)17(23)15-6-7-16(25-4)21-18(15)26-5/h6-7,12-14H,8-11H2,1-5H3. The van der Waals surface area contributed by atoms with Crippen LogP contribution in [0.4, 0.5) is 4.79 Å². The molecule has 0 radical (unpaired) electrons. The van der Waals surface area contributed by atoms with Gasteiger partial charge >= 0.3 is 6.09 Å². The maximum atomic E-state index is 13.2. The molecule has 1 aromatic heterocycles. The van der Waals surface area contributed by atoms with Gasteiger partial charge in [0, 0.05) is 12.0 Å². The van der Waals surface area contributed by atoms with E-state index in [9.17, 15) is 9.59 Å². The fourth-order valence-corrected chi connectivity index (χ4v) is 3.84. The van der Waals surface area contributed by atoms with Crippen molar-refractivity contribution in [2.45, 2.75) is 51.3 Å². The van der Waals surface area contributed by atoms with Crippen LogP contribution in [0.2, 0.25) is 0 Å². The van der Waals surface area contributed by atoms with Gasteiger partial charge in [0.05, 0.1) is 45.1 Å². The average Bonchev–Trinajstić information content (AvgIpc) is 2.64. The predicted molar refractivity (Wildman–Crippen MR) is 101 cm³/mol. The zero-order valence-electron chi connectivity index (χ0n) is 17.1. The molecular formula is C20H28N2O6. The smallest absolute Gasteiger partial charge is 0.410 e. The molecular weight excluding hydrogens is 364 g/mol. The minimum Gasteiger partial charge on any atom is -0.481 e. The molecule has 1 amide bonds. The fraction of sp³-hybridized carbons (Fsp3) is 0.650. The van der Waals surface area contributed by atoms with Gasteiger partial charge < -0.3 is 18.9 Å². The summed E-state index contributed by atoms with van der Waals surface area (Å²) in [6.45, 7) is 6.33. The molecule has 28 heavy (non-hydrogen) atoms. The Morgan fingerprint density at radius 1 is 1.11 bits per heavy atom. The van der Waals surface area contributed by atoms with Gasteiger partial charge in [0.2, 0.25) is 11.8 Å². The van der Waals surface area contributed by atoms with Crippen molar-refractivity contribution >= 4 is 11.9 Å². The van der Waals surface area contributed by atoms with E-state index in [2.05, 4.69) is 4.98 Å². The summed E-state index contributed by atoms with van der Waals surface area (Å²) in [6, 6.07) is 2.96. The van der Waals surface area contributed by atoms with Crippen molar-refractivity contribution in [2.24, 2.45) is 5.92 Å². The number of morpholine rings is 1. The Morgan fingerprint density at radius 3 is 2.29 bits per heavy atom. The molecule has 2 bridgehead atoms. The van der Waals surface area contributed by atoms with Crippen LogP contribution in [0, 0.1) is 5.92 Å². The molecule has 0 N–H and O–H groups in total. The lowest BCUT2D eigenvalue weighted by molar-refractivity contribution is -0.0861. The van der Waals surface area contributed by atoms with E-state index in [1.165, 1.54) is 14.2 Å². The van der Waals surface area contributed by atoms with Crippen molar-refractivity contribution < 1.29 is 28.5 Å². The Balaban J connectivity index is 1.78. The van der Waals surface area contributed by atoms with Crippen LogP contribution in [0.25, 0.3) is 0 Å². The van der Waals surface area contributed by atoms with Gasteiger partial charge in [-0.1, -0.05) is 0 Å². The van der Waals surface area contributed by atoms with Crippen LogP contribution in [0.3, 0.4) is 0 Å². The number of nitrogens with zero attached hydrogens (tertiary/aromatic N) is 2. The maximum Gasteiger partial charge on any atom is 0.410 e. The lowest BCUT2D eigenvalue weighted by atomic mass is 9.81. The monoisotopic (exact) mass is 392 g/mol. The number of pyridine rings is 1. The lowest BCUT2D eigenvalue weighted by Crippen LogP contribution is -2.60. The molecule has 0 aliphatic carbocycles. The quantitative estimate of drug-likeness (QED) is 0.728. The SMILES string of the molecule is COc1ccc(C(=O)C2CC3COCC(C2)N3C(=O)OC(C)(C)C)c(OC)n1. The number of rotatable bonds is 4. The van der Waals surface area contributed by atoms with Crippen LogP contribution in [0.15, 0.2) is 12.1 Å². The normalized spacial score (nSPS) is 24.5. The number of amides is 1. The van der Waals surface area contributed by atoms with Gasteiger partial charge in [-0.3, -0.25) is 9.69 Å². The van der Waals surface area contributed by atoms with Crippen LogP contribution in [-0.4, -0.2) is 66.9 Å². The van der Waals surface area contributed by atoms with Gasteiger partial charge in [-0.15, -0.1) is 0 Å². The highest BCUT2D eigenvalue weighted by atomic mass is 16.6. The third-order valence-corrected chi connectivity index (χ3v) is 5.00. The number of Topliss-reactive ketones (excluding diaryl/α,β-unsaturated/α-hetero) is 1. The average molecular weight is 392 g/mol. The minimum absolute atomic E-state index is 0.0345. The molecule has 2 aliphatic heterocycles. The Kier molecular flexibility index (Phi) is 5.79. The number of fused-ring (bicyclic) bond motifs is 2. The summed E-state index contributed by atoms with van der Waals surface area (Å²) in [5.41, 5.74) is -0.140. The molecule has 2 aliphatic rings. The third kappa shape index (κ3) is 4.22. The number of ether oxygens (including phenoxy) is 4. The summed E-state index contributed by atoms with van der Waals surface area (Å²) in [4.78, 5) is 31.8. The van der Waals surface area contributed by atoms with Crippen LogP contribution in [0.1, 0.15) is 44.0 Å². The second-order valence-corrected chi connectivity index (χ2v) is 8.18. The fourth-order valence-electron chi connectivity index (χ4n) is 3.84. The highest BCUT2D eigenvalue weighted by Crippen LogP contribution is 2.36. The summed E-state index contributed by atoms with van der Waals surface area (Å²) in [6.07, 6.45) is 0.688. The highest BCUT2D eigenvalue weighted by molar-refractivity contribution is 6.00. The summed E-state index contributed by atoms with van der Waals surface area (Å²) in [7, 11) is 2.99. The van der Waals surface area contributed by atoms with Gasteiger partial charge in [0.1, 0.15) is 5.60 Å². The first-order chi connectivity index (χ1) is 13.2. The van der Waals surface area contributed by atoms with Crippen molar-refractivity contribution in [1.82, 2.24) is 9.88 Å². The topological polar surface area (TPSA) is 87.2 Å². The molecule has 1 aromatic rings. The lowest BCUT2D eigenvalue weighted by Gasteiger charge is -2.47. The molecule has 2 saturated heterocycles. The van der Waals surface area contributed by atoms with Crippen LogP contribution < -0.4 is 9.47 Å². The Bertz CT molecular complexity index is 731. The summed E-state index contributed by atoms with van der Waals surface area (Å²) < 4.78 is 21.6. The van der Waals surface area contributed by atoms with E-state index < -0.39 is 5.60 Å². The maximum absolute atomic E-state index is 13.2. The molecule has 3 rings (SSSR count). The molecule has 3 heterocycles. The zero-order valence-corrected chi connectivity index (χ0v) is 17.1. The third-order valence-electron chi connectivity index (χ3n) is 5.00. The summed E-state index contributed by atoms with van der Waals surface area (Å²) >= 11 is 0. The van der Waals surface area contributed by atoms with Gasteiger partial charge in [0.25, 0.3) is 0 Å². The van der Waals surface area contributed by atoms with Crippen LogP contribution >= 0.6 is 0 Å². The number of hydrogen-bond donors (Lipinski definition) is 0. The largest absolute Gasteiger partial charge is 0.481 e. The Labute approximate surface area is 165 Å². The Morgan fingerprint density at radius 2 is 1.75 bits per heavy atom. The van der Waals surface area contributed by atoms with E-state index in [0.29, 0.717) is 37.5 Å². The molecule has 154 valence electrons. The molecule has 2 atom stereocenters. The first-order valence-electron chi connectivity index (χ1n) is 9.45. The summed E-state index contributed by atoms with van der Waals surface area (Å²) in [5, 5.41) is 0. The Hall–Kier alpha value is -2.35.